The van der Waals surface area contributed by atoms with Crippen molar-refractivity contribution in [3.63, 3.8) is 0 Å². The number of ketones is 1. The average molecular weight is 383 g/mol. The summed E-state index contributed by atoms with van der Waals surface area (Å²) in [6.07, 6.45) is 0.0337. The van der Waals surface area contributed by atoms with Gasteiger partial charge in [-0.15, -0.1) is 0 Å². The molecule has 0 saturated heterocycles. The molecule has 0 bridgehead atoms. The Hall–Kier alpha value is -3.66. The summed E-state index contributed by atoms with van der Waals surface area (Å²) in [5.74, 6) is -0.461. The van der Waals surface area contributed by atoms with Crippen LogP contribution >= 0.6 is 0 Å². The number of hydrogen-bond donors (Lipinski definition) is 0. The van der Waals surface area contributed by atoms with E-state index in [-0.39, 0.29) is 18.2 Å². The molecule has 1 aromatic heterocycles. The maximum atomic E-state index is 13.5. The van der Waals surface area contributed by atoms with Gasteiger partial charge in [-0.1, -0.05) is 78.9 Å². The van der Waals surface area contributed by atoms with Crippen LogP contribution in [-0.4, -0.2) is 23.4 Å². The standard InChI is InChI=1S/C25H21NO3/c1-29-23(27)16-22-24(25(28)19-12-6-3-7-13-19)20-14-8-9-15-21(20)26(22)17-18-10-4-2-5-11-18/h2-15H,16-17H2,1H3. The van der Waals surface area contributed by atoms with Crippen molar-refractivity contribution in [3.8, 4) is 0 Å². The van der Waals surface area contributed by atoms with Crippen LogP contribution in [0.4, 0.5) is 0 Å². The Kier molecular flexibility index (Phi) is 5.25. The molecule has 0 aliphatic carbocycles. The van der Waals surface area contributed by atoms with Gasteiger partial charge in [0.15, 0.2) is 5.78 Å². The molecule has 0 atom stereocenters. The lowest BCUT2D eigenvalue weighted by atomic mass is 9.99. The fourth-order valence-corrected chi connectivity index (χ4v) is 3.68. The van der Waals surface area contributed by atoms with E-state index in [1.165, 1.54) is 7.11 Å². The molecule has 29 heavy (non-hydrogen) atoms. The molecule has 4 aromatic rings. The lowest BCUT2D eigenvalue weighted by Gasteiger charge is -2.12. The number of ether oxygens (including phenoxy) is 1. The molecular formula is C25H21NO3. The van der Waals surface area contributed by atoms with Crippen molar-refractivity contribution in [1.29, 1.82) is 0 Å². The molecule has 0 saturated carbocycles. The zero-order valence-corrected chi connectivity index (χ0v) is 16.2. The van der Waals surface area contributed by atoms with E-state index in [2.05, 4.69) is 4.57 Å². The Morgan fingerprint density at radius 3 is 2.14 bits per heavy atom. The monoisotopic (exact) mass is 383 g/mol. The van der Waals surface area contributed by atoms with Gasteiger partial charge >= 0.3 is 5.97 Å². The second kappa shape index (κ2) is 8.15. The predicted molar refractivity (Wildman–Crippen MR) is 113 cm³/mol. The number of nitrogens with zero attached hydrogens (tertiary/aromatic N) is 1. The Balaban J connectivity index is 1.94. The third-order valence-electron chi connectivity index (χ3n) is 5.06. The minimum absolute atomic E-state index is 0.0337. The third kappa shape index (κ3) is 3.69. The molecule has 0 unspecified atom stereocenters. The van der Waals surface area contributed by atoms with Crippen LogP contribution in [0.1, 0.15) is 27.2 Å². The number of benzene rings is 3. The molecule has 0 radical (unpaired) electrons. The highest BCUT2D eigenvalue weighted by Gasteiger charge is 2.25. The van der Waals surface area contributed by atoms with Crippen LogP contribution in [0.3, 0.4) is 0 Å². The van der Waals surface area contributed by atoms with Crippen molar-refractivity contribution in [3.05, 3.63) is 107 Å². The second-order valence-electron chi connectivity index (χ2n) is 6.86. The molecular weight excluding hydrogens is 362 g/mol. The minimum atomic E-state index is -0.371. The number of esters is 1. The Morgan fingerprint density at radius 2 is 1.45 bits per heavy atom. The molecule has 3 aromatic carbocycles. The van der Waals surface area contributed by atoms with Crippen molar-refractivity contribution in [2.75, 3.05) is 7.11 Å². The SMILES string of the molecule is COC(=O)Cc1c(C(=O)c2ccccc2)c2ccccc2n1Cc1ccccc1. The Morgan fingerprint density at radius 1 is 0.828 bits per heavy atom. The van der Waals surface area contributed by atoms with Crippen LogP contribution in [-0.2, 0) is 22.5 Å². The first-order valence-corrected chi connectivity index (χ1v) is 9.49. The molecule has 4 nitrogen and oxygen atoms in total. The van der Waals surface area contributed by atoms with Gasteiger partial charge in [0.05, 0.1) is 19.1 Å². The average Bonchev–Trinajstić information content (AvgIpc) is 3.07. The van der Waals surface area contributed by atoms with Crippen LogP contribution in [0.2, 0.25) is 0 Å². The molecule has 0 spiro atoms. The van der Waals surface area contributed by atoms with Gasteiger partial charge in [0.2, 0.25) is 0 Å². The van der Waals surface area contributed by atoms with Crippen LogP contribution in [0.15, 0.2) is 84.9 Å². The molecule has 4 heteroatoms. The van der Waals surface area contributed by atoms with Crippen LogP contribution < -0.4 is 0 Å². The zero-order valence-electron chi connectivity index (χ0n) is 16.2. The fraction of sp³-hybridized carbons (Fsp3) is 0.120. The van der Waals surface area contributed by atoms with Crippen molar-refractivity contribution in [2.45, 2.75) is 13.0 Å². The summed E-state index contributed by atoms with van der Waals surface area (Å²) in [6, 6.07) is 27.0. The number of carbonyl (C=O) groups excluding carboxylic acids is 2. The molecule has 0 fully saturated rings. The predicted octanol–water partition coefficient (Wildman–Crippen LogP) is 4.64. The van der Waals surface area contributed by atoms with Crippen LogP contribution in [0, 0.1) is 0 Å². The maximum absolute atomic E-state index is 13.5. The first kappa shape index (κ1) is 18.7. The summed E-state index contributed by atoms with van der Waals surface area (Å²) in [5.41, 5.74) is 3.86. The third-order valence-corrected chi connectivity index (χ3v) is 5.06. The largest absolute Gasteiger partial charge is 0.469 e. The van der Waals surface area contributed by atoms with E-state index < -0.39 is 0 Å². The first-order valence-electron chi connectivity index (χ1n) is 9.49. The van der Waals surface area contributed by atoms with Crippen molar-refractivity contribution < 1.29 is 14.3 Å². The van der Waals surface area contributed by atoms with E-state index >= 15 is 0 Å². The summed E-state index contributed by atoms with van der Waals surface area (Å²) >= 11 is 0. The highest BCUT2D eigenvalue weighted by molar-refractivity contribution is 6.18. The van der Waals surface area contributed by atoms with E-state index in [1.54, 1.807) is 12.1 Å². The van der Waals surface area contributed by atoms with E-state index in [9.17, 15) is 9.59 Å². The molecule has 1 heterocycles. The van der Waals surface area contributed by atoms with Gasteiger partial charge < -0.3 is 9.30 Å². The number of carbonyl (C=O) groups is 2. The summed E-state index contributed by atoms with van der Waals surface area (Å²) in [7, 11) is 1.37. The second-order valence-corrected chi connectivity index (χ2v) is 6.86. The van der Waals surface area contributed by atoms with Crippen molar-refractivity contribution >= 4 is 22.7 Å². The van der Waals surface area contributed by atoms with Crippen LogP contribution in [0.5, 0.6) is 0 Å². The number of methoxy groups -OCH3 is 1. The molecule has 144 valence electrons. The van der Waals surface area contributed by atoms with Gasteiger partial charge in [-0.25, -0.2) is 0 Å². The van der Waals surface area contributed by atoms with Gasteiger partial charge in [-0.3, -0.25) is 9.59 Å². The van der Waals surface area contributed by atoms with Crippen molar-refractivity contribution in [2.24, 2.45) is 0 Å². The number of aromatic nitrogens is 1. The van der Waals surface area contributed by atoms with Gasteiger partial charge in [0.25, 0.3) is 0 Å². The number of fused-ring (bicyclic) bond motifs is 1. The van der Waals surface area contributed by atoms with Gasteiger partial charge in [0.1, 0.15) is 0 Å². The van der Waals surface area contributed by atoms with Gasteiger partial charge in [0, 0.05) is 28.7 Å². The van der Waals surface area contributed by atoms with E-state index in [1.807, 2.05) is 72.8 Å². The summed E-state index contributed by atoms with van der Waals surface area (Å²) in [5, 5.41) is 0.844. The summed E-state index contributed by atoms with van der Waals surface area (Å²) < 4.78 is 6.99. The smallest absolute Gasteiger partial charge is 0.311 e. The molecule has 0 amide bonds. The quantitative estimate of drug-likeness (QED) is 0.360. The Bertz CT molecular complexity index is 1160. The summed E-state index contributed by atoms with van der Waals surface area (Å²) in [6.45, 7) is 0.565. The fourth-order valence-electron chi connectivity index (χ4n) is 3.68. The maximum Gasteiger partial charge on any atom is 0.311 e. The topological polar surface area (TPSA) is 48.3 Å². The molecule has 0 aliphatic heterocycles. The van der Waals surface area contributed by atoms with Crippen molar-refractivity contribution in [1.82, 2.24) is 4.57 Å². The van der Waals surface area contributed by atoms with E-state index in [0.29, 0.717) is 23.4 Å². The van der Waals surface area contributed by atoms with E-state index in [4.69, 9.17) is 4.74 Å². The van der Waals surface area contributed by atoms with Crippen LogP contribution in [0.25, 0.3) is 10.9 Å². The van der Waals surface area contributed by atoms with Gasteiger partial charge in [-0.2, -0.15) is 0 Å². The highest BCUT2D eigenvalue weighted by atomic mass is 16.5. The molecule has 4 rings (SSSR count). The summed E-state index contributed by atoms with van der Waals surface area (Å²) in [4.78, 5) is 25.7. The van der Waals surface area contributed by atoms with E-state index in [0.717, 1.165) is 16.5 Å². The Labute approximate surface area is 169 Å². The number of para-hydroxylation sites is 1. The lowest BCUT2D eigenvalue weighted by Crippen LogP contribution is -2.15. The highest BCUT2D eigenvalue weighted by Crippen LogP contribution is 2.30. The number of hydrogen-bond acceptors (Lipinski definition) is 3. The molecule has 0 N–H and O–H groups in total. The molecule has 0 aliphatic rings. The minimum Gasteiger partial charge on any atom is -0.469 e. The first-order chi connectivity index (χ1) is 14.2. The lowest BCUT2D eigenvalue weighted by molar-refractivity contribution is -0.139. The van der Waals surface area contributed by atoms with Gasteiger partial charge in [-0.05, 0) is 11.6 Å². The number of rotatable bonds is 6. The zero-order chi connectivity index (χ0) is 20.2. The normalized spacial score (nSPS) is 10.8.